The van der Waals surface area contributed by atoms with Crippen molar-refractivity contribution >= 4 is 10.9 Å². The Morgan fingerprint density at radius 1 is 1.29 bits per heavy atom. The van der Waals surface area contributed by atoms with Crippen molar-refractivity contribution in [2.75, 3.05) is 13.2 Å². The topological polar surface area (TPSA) is 45.2 Å². The van der Waals surface area contributed by atoms with Crippen molar-refractivity contribution in [1.29, 1.82) is 0 Å². The number of ether oxygens (including phenoxy) is 1. The number of hydrogen-bond donors (Lipinski definition) is 2. The van der Waals surface area contributed by atoms with E-state index in [-0.39, 0.29) is 12.2 Å². The quantitative estimate of drug-likeness (QED) is 0.799. The Morgan fingerprint density at radius 3 is 2.71 bits per heavy atom. The number of aromatic nitrogens is 1. The molecule has 0 fully saturated rings. The van der Waals surface area contributed by atoms with E-state index < -0.39 is 0 Å². The van der Waals surface area contributed by atoms with Crippen molar-refractivity contribution in [3.63, 3.8) is 0 Å². The zero-order valence-corrected chi connectivity index (χ0v) is 15.5. The van der Waals surface area contributed by atoms with E-state index in [1.807, 2.05) is 0 Å². The molecule has 1 atom stereocenters. The smallest absolute Gasteiger partial charge is 0.110 e. The third kappa shape index (κ3) is 2.78. The summed E-state index contributed by atoms with van der Waals surface area (Å²) in [6.45, 7) is 9.82. The Morgan fingerprint density at radius 2 is 2.08 bits per heavy atom. The van der Waals surface area contributed by atoms with Crippen LogP contribution in [0.1, 0.15) is 75.3 Å². The second-order valence-corrected chi connectivity index (χ2v) is 7.41. The Hall–Kier alpha value is -1.32. The lowest BCUT2D eigenvalue weighted by molar-refractivity contribution is -0.0795. The van der Waals surface area contributed by atoms with E-state index in [9.17, 15) is 5.11 Å². The summed E-state index contributed by atoms with van der Waals surface area (Å²) in [6.07, 6.45) is 4.79. The number of aliphatic hydroxyl groups is 1. The molecule has 1 aromatic carbocycles. The first-order valence-corrected chi connectivity index (χ1v) is 9.49. The molecule has 0 saturated heterocycles. The zero-order chi connectivity index (χ0) is 17.3. The van der Waals surface area contributed by atoms with Crippen LogP contribution >= 0.6 is 0 Å². The van der Waals surface area contributed by atoms with Gasteiger partial charge < -0.3 is 14.8 Å². The first kappa shape index (κ1) is 17.5. The highest BCUT2D eigenvalue weighted by Gasteiger charge is 2.38. The number of fused-ring (bicyclic) bond motifs is 3. The molecule has 1 aliphatic heterocycles. The first-order chi connectivity index (χ1) is 11.6. The number of aliphatic hydroxyl groups excluding tert-OH is 1. The maximum absolute atomic E-state index is 9.58. The van der Waals surface area contributed by atoms with Crippen LogP contribution in [0.5, 0.6) is 0 Å². The predicted octanol–water partition coefficient (Wildman–Crippen LogP) is 4.80. The molecule has 1 aromatic heterocycles. The fraction of sp³-hybridized carbons (Fsp3) is 0.619. The van der Waals surface area contributed by atoms with E-state index in [2.05, 4.69) is 44.8 Å². The highest BCUT2D eigenvalue weighted by atomic mass is 16.5. The van der Waals surface area contributed by atoms with Gasteiger partial charge in [0.1, 0.15) is 5.60 Å². The molecule has 2 heterocycles. The van der Waals surface area contributed by atoms with Crippen LogP contribution in [-0.2, 0) is 23.2 Å². The number of aromatic amines is 1. The van der Waals surface area contributed by atoms with Gasteiger partial charge >= 0.3 is 0 Å². The van der Waals surface area contributed by atoms with Gasteiger partial charge in [-0.05, 0) is 47.9 Å². The van der Waals surface area contributed by atoms with Gasteiger partial charge in [0, 0.05) is 23.9 Å². The van der Waals surface area contributed by atoms with Crippen LogP contribution < -0.4 is 0 Å². The van der Waals surface area contributed by atoms with E-state index in [1.165, 1.54) is 39.7 Å². The van der Waals surface area contributed by atoms with Crippen molar-refractivity contribution in [1.82, 2.24) is 4.98 Å². The zero-order valence-electron chi connectivity index (χ0n) is 15.5. The van der Waals surface area contributed by atoms with E-state index in [1.54, 1.807) is 0 Å². The van der Waals surface area contributed by atoms with Crippen LogP contribution in [0.15, 0.2) is 12.1 Å². The molecule has 0 amide bonds. The number of nitrogens with one attached hydrogen (secondary N) is 1. The molecule has 2 aromatic rings. The third-order valence-electron chi connectivity index (χ3n) is 5.54. The predicted molar refractivity (Wildman–Crippen MR) is 99.7 cm³/mol. The molecule has 24 heavy (non-hydrogen) atoms. The second-order valence-electron chi connectivity index (χ2n) is 7.41. The fourth-order valence-electron chi connectivity index (χ4n) is 4.23. The first-order valence-electron chi connectivity index (χ1n) is 9.49. The van der Waals surface area contributed by atoms with E-state index in [0.717, 1.165) is 25.9 Å². The van der Waals surface area contributed by atoms with Crippen molar-refractivity contribution in [3.8, 4) is 0 Å². The van der Waals surface area contributed by atoms with Crippen LogP contribution in [0, 0.1) is 0 Å². The fourth-order valence-corrected chi connectivity index (χ4v) is 4.23. The summed E-state index contributed by atoms with van der Waals surface area (Å²) >= 11 is 0. The maximum atomic E-state index is 9.58. The number of benzene rings is 1. The van der Waals surface area contributed by atoms with Crippen LogP contribution in [0.2, 0.25) is 0 Å². The molecule has 1 unspecified atom stereocenters. The third-order valence-corrected chi connectivity index (χ3v) is 5.54. The lowest BCUT2D eigenvalue weighted by atomic mass is 9.86. The largest absolute Gasteiger partial charge is 0.396 e. The van der Waals surface area contributed by atoms with Gasteiger partial charge in [-0.1, -0.05) is 40.2 Å². The summed E-state index contributed by atoms with van der Waals surface area (Å²) < 4.78 is 6.20. The summed E-state index contributed by atoms with van der Waals surface area (Å²) in [5.74, 6) is 0.485. The minimum atomic E-state index is -0.361. The van der Waals surface area contributed by atoms with Crippen LogP contribution in [-0.4, -0.2) is 23.3 Å². The molecule has 132 valence electrons. The molecule has 0 bridgehead atoms. The van der Waals surface area contributed by atoms with E-state index in [4.69, 9.17) is 4.74 Å². The molecule has 3 nitrogen and oxygen atoms in total. The van der Waals surface area contributed by atoms with E-state index in [0.29, 0.717) is 12.3 Å². The van der Waals surface area contributed by atoms with Gasteiger partial charge in [-0.2, -0.15) is 0 Å². The standard InChI is InChI=1S/C21H31NO2/c1-5-7-15-12-17(14(3)4)19-18(13-15)16-8-11-24-21(6-2,9-10-23)20(16)22-19/h12-14,22-23H,5-11H2,1-4H3. The normalized spacial score (nSPS) is 20.8. The molecule has 0 aliphatic carbocycles. The molecule has 3 heteroatoms. The molecular weight excluding hydrogens is 298 g/mol. The van der Waals surface area contributed by atoms with Crippen LogP contribution in [0.25, 0.3) is 10.9 Å². The van der Waals surface area contributed by atoms with Crippen molar-refractivity contribution in [3.05, 3.63) is 34.5 Å². The van der Waals surface area contributed by atoms with Gasteiger partial charge in [0.15, 0.2) is 0 Å². The van der Waals surface area contributed by atoms with Crippen molar-refractivity contribution in [2.45, 2.75) is 71.3 Å². The molecule has 1 aliphatic rings. The summed E-state index contributed by atoms with van der Waals surface area (Å²) in [4.78, 5) is 3.73. The summed E-state index contributed by atoms with van der Waals surface area (Å²) in [6, 6.07) is 4.75. The number of H-pyrrole nitrogens is 1. The summed E-state index contributed by atoms with van der Waals surface area (Å²) in [5, 5.41) is 11.0. The maximum Gasteiger partial charge on any atom is 0.110 e. The van der Waals surface area contributed by atoms with E-state index >= 15 is 0 Å². The van der Waals surface area contributed by atoms with Gasteiger partial charge in [-0.15, -0.1) is 0 Å². The number of hydrogen-bond acceptors (Lipinski definition) is 2. The molecular formula is C21H31NO2. The van der Waals surface area contributed by atoms with Gasteiger partial charge in [-0.3, -0.25) is 0 Å². The average molecular weight is 329 g/mol. The van der Waals surface area contributed by atoms with Crippen molar-refractivity contribution < 1.29 is 9.84 Å². The molecule has 3 rings (SSSR count). The summed E-state index contributed by atoms with van der Waals surface area (Å²) in [7, 11) is 0. The Balaban J connectivity index is 2.25. The minimum Gasteiger partial charge on any atom is -0.396 e. The Kier molecular flexibility index (Phi) is 5.03. The highest BCUT2D eigenvalue weighted by molar-refractivity contribution is 5.89. The number of aryl methyl sites for hydroxylation is 1. The van der Waals surface area contributed by atoms with Gasteiger partial charge in [0.25, 0.3) is 0 Å². The van der Waals surface area contributed by atoms with Crippen LogP contribution in [0.4, 0.5) is 0 Å². The van der Waals surface area contributed by atoms with Gasteiger partial charge in [0.2, 0.25) is 0 Å². The van der Waals surface area contributed by atoms with Gasteiger partial charge in [0.05, 0.1) is 12.3 Å². The minimum absolute atomic E-state index is 0.154. The lowest BCUT2D eigenvalue weighted by Crippen LogP contribution is -2.36. The SMILES string of the molecule is CCCc1cc(C(C)C)c2[nH]c3c(c2c1)CCOC3(CC)CCO. The molecule has 0 radical (unpaired) electrons. The second kappa shape index (κ2) is 6.89. The van der Waals surface area contributed by atoms with Crippen molar-refractivity contribution in [2.24, 2.45) is 0 Å². The molecule has 2 N–H and O–H groups in total. The Labute approximate surface area is 145 Å². The lowest BCUT2D eigenvalue weighted by Gasteiger charge is -2.36. The molecule has 0 saturated carbocycles. The highest BCUT2D eigenvalue weighted by Crippen LogP contribution is 2.43. The monoisotopic (exact) mass is 329 g/mol. The average Bonchev–Trinajstić information content (AvgIpc) is 2.94. The van der Waals surface area contributed by atoms with Crippen LogP contribution in [0.3, 0.4) is 0 Å². The summed E-state index contributed by atoms with van der Waals surface area (Å²) in [5.41, 5.74) is 6.37. The number of rotatable bonds is 6. The molecule has 0 spiro atoms. The Bertz CT molecular complexity index is 716. The van der Waals surface area contributed by atoms with Gasteiger partial charge in [-0.25, -0.2) is 0 Å².